The Kier molecular flexibility index (Phi) is 6.64. The van der Waals surface area contributed by atoms with Gasteiger partial charge in [0.05, 0.1) is 5.56 Å². The fraction of sp³-hybridized carbons (Fsp3) is 0.211. The number of hydrogen-bond donors (Lipinski definition) is 1. The first-order chi connectivity index (χ1) is 11.2. The molecule has 6 heteroatoms. The zero-order valence-electron chi connectivity index (χ0n) is 13.8. The van der Waals surface area contributed by atoms with Gasteiger partial charge in [-0.3, -0.25) is 27.2 Å². The summed E-state index contributed by atoms with van der Waals surface area (Å²) >= 11 is 0. The SMILES string of the molecule is Cc1c[c-]c(-c2ccccc2)[c-]c1-c1c(O)n2n(c1=O)CCC2.[W].[Y]. The molecule has 0 atom stereocenters. The van der Waals surface area contributed by atoms with Gasteiger partial charge in [-0.2, -0.15) is 11.1 Å². The quantitative estimate of drug-likeness (QED) is 0.477. The van der Waals surface area contributed by atoms with E-state index in [1.807, 2.05) is 43.3 Å². The maximum Gasteiger partial charge on any atom is 0.275 e. The first-order valence-electron chi connectivity index (χ1n) is 7.70. The Hall–Kier alpha value is -0.958. The molecule has 0 saturated carbocycles. The molecular weight excluding hydrogens is 561 g/mol. The number of aromatic hydroxyl groups is 1. The number of rotatable bonds is 2. The van der Waals surface area contributed by atoms with Gasteiger partial charge in [0.2, 0.25) is 5.88 Å². The largest absolute Gasteiger partial charge is 0.493 e. The van der Waals surface area contributed by atoms with Crippen molar-refractivity contribution in [3.63, 3.8) is 0 Å². The van der Waals surface area contributed by atoms with E-state index in [1.165, 1.54) is 0 Å². The summed E-state index contributed by atoms with van der Waals surface area (Å²) in [5.74, 6) is 0.0389. The van der Waals surface area contributed by atoms with Crippen molar-refractivity contribution in [2.24, 2.45) is 0 Å². The van der Waals surface area contributed by atoms with E-state index in [0.29, 0.717) is 24.2 Å². The van der Waals surface area contributed by atoms with Gasteiger partial charge in [0.15, 0.2) is 0 Å². The second-order valence-electron chi connectivity index (χ2n) is 5.82. The van der Waals surface area contributed by atoms with Crippen molar-refractivity contribution in [1.29, 1.82) is 0 Å². The Balaban J connectivity index is 0.00000113. The number of hydrogen-bond acceptors (Lipinski definition) is 2. The van der Waals surface area contributed by atoms with Gasteiger partial charge in [-0.1, -0.05) is 18.2 Å². The van der Waals surface area contributed by atoms with Crippen molar-refractivity contribution in [2.45, 2.75) is 26.4 Å². The summed E-state index contributed by atoms with van der Waals surface area (Å²) in [5.41, 5.74) is 3.50. The van der Waals surface area contributed by atoms with Crippen molar-refractivity contribution in [1.82, 2.24) is 9.36 Å². The minimum absolute atomic E-state index is 0. The Morgan fingerprint density at radius 2 is 1.80 bits per heavy atom. The summed E-state index contributed by atoms with van der Waals surface area (Å²) < 4.78 is 3.26. The van der Waals surface area contributed by atoms with Gasteiger partial charge in [0, 0.05) is 66.9 Å². The number of nitrogens with zero attached hydrogens (tertiary/aromatic N) is 2. The van der Waals surface area contributed by atoms with Crippen molar-refractivity contribution >= 4 is 0 Å². The van der Waals surface area contributed by atoms with Gasteiger partial charge >= 0.3 is 0 Å². The monoisotopic (exact) mass is 577 g/mol. The smallest absolute Gasteiger partial charge is 0.275 e. The number of aryl methyl sites for hydroxylation is 1. The molecule has 2 heterocycles. The maximum atomic E-state index is 12.6. The Labute approximate surface area is 186 Å². The molecule has 1 aliphatic rings. The molecule has 0 amide bonds. The molecule has 0 aliphatic carbocycles. The molecule has 0 bridgehead atoms. The molecule has 0 fully saturated rings. The molecule has 1 aromatic heterocycles. The van der Waals surface area contributed by atoms with Crippen LogP contribution in [0.5, 0.6) is 5.88 Å². The molecule has 1 aliphatic heterocycles. The van der Waals surface area contributed by atoms with E-state index in [2.05, 4.69) is 12.1 Å². The number of fused-ring (bicyclic) bond motifs is 1. The fourth-order valence-corrected chi connectivity index (χ4v) is 3.15. The zero-order chi connectivity index (χ0) is 16.0. The van der Waals surface area contributed by atoms with Crippen LogP contribution in [0.4, 0.5) is 0 Å². The fourth-order valence-electron chi connectivity index (χ4n) is 3.15. The van der Waals surface area contributed by atoms with Crippen LogP contribution in [0.15, 0.2) is 41.2 Å². The minimum atomic E-state index is -0.149. The van der Waals surface area contributed by atoms with E-state index < -0.39 is 0 Å². The molecule has 4 rings (SSSR count). The van der Waals surface area contributed by atoms with Crippen LogP contribution in [-0.4, -0.2) is 14.5 Å². The van der Waals surface area contributed by atoms with Gasteiger partial charge in [-0.15, -0.1) is 19.1 Å². The van der Waals surface area contributed by atoms with Crippen LogP contribution in [0.25, 0.3) is 22.3 Å². The van der Waals surface area contributed by atoms with E-state index in [9.17, 15) is 9.90 Å². The zero-order valence-corrected chi connectivity index (χ0v) is 19.6. The van der Waals surface area contributed by atoms with Crippen LogP contribution in [0.1, 0.15) is 12.0 Å². The van der Waals surface area contributed by atoms with Crippen LogP contribution in [0.2, 0.25) is 0 Å². The van der Waals surface area contributed by atoms with Crippen LogP contribution in [0, 0.1) is 19.1 Å². The molecule has 25 heavy (non-hydrogen) atoms. The summed E-state index contributed by atoms with van der Waals surface area (Å²) in [6.45, 7) is 3.23. The van der Waals surface area contributed by atoms with E-state index in [1.54, 1.807) is 9.36 Å². The Morgan fingerprint density at radius 1 is 1.12 bits per heavy atom. The van der Waals surface area contributed by atoms with Gasteiger partial charge in [-0.05, 0) is 6.42 Å². The van der Waals surface area contributed by atoms with Crippen molar-refractivity contribution in [3.8, 4) is 28.1 Å². The molecule has 3 aromatic rings. The van der Waals surface area contributed by atoms with Crippen LogP contribution in [-0.2, 0) is 66.9 Å². The summed E-state index contributed by atoms with van der Waals surface area (Å²) in [6.07, 6.45) is 0.879. The third kappa shape index (κ3) is 3.49. The molecule has 0 unspecified atom stereocenters. The topological polar surface area (TPSA) is 47.2 Å². The molecule has 4 nitrogen and oxygen atoms in total. The summed E-state index contributed by atoms with van der Waals surface area (Å²) in [7, 11) is 0. The second kappa shape index (κ2) is 8.16. The molecule has 0 spiro atoms. The average molecular weight is 577 g/mol. The van der Waals surface area contributed by atoms with Crippen LogP contribution in [0.3, 0.4) is 0 Å². The average Bonchev–Trinajstić information content (AvgIpc) is 3.14. The normalized spacial score (nSPS) is 12.2. The predicted octanol–water partition coefficient (Wildman–Crippen LogP) is 3.00. The van der Waals surface area contributed by atoms with Gasteiger partial charge < -0.3 is 5.11 Å². The Bertz CT molecular complexity index is 948. The van der Waals surface area contributed by atoms with Gasteiger partial charge in [0.1, 0.15) is 0 Å². The minimum Gasteiger partial charge on any atom is -0.493 e. The van der Waals surface area contributed by atoms with E-state index in [0.717, 1.165) is 23.1 Å². The molecule has 1 radical (unpaired) electrons. The summed E-state index contributed by atoms with van der Waals surface area (Å²) in [5, 5.41) is 10.5. The summed E-state index contributed by atoms with van der Waals surface area (Å²) in [6, 6.07) is 18.1. The van der Waals surface area contributed by atoms with E-state index in [-0.39, 0.29) is 65.2 Å². The molecule has 125 valence electrons. The van der Waals surface area contributed by atoms with Crippen molar-refractivity contribution < 1.29 is 58.9 Å². The predicted molar refractivity (Wildman–Crippen MR) is 88.3 cm³/mol. The molecule has 2 aromatic carbocycles. The second-order valence-corrected chi connectivity index (χ2v) is 5.82. The third-order valence-electron chi connectivity index (χ3n) is 4.34. The van der Waals surface area contributed by atoms with Gasteiger partial charge in [0.25, 0.3) is 5.56 Å². The van der Waals surface area contributed by atoms with Crippen molar-refractivity contribution in [3.05, 3.63) is 64.4 Å². The van der Waals surface area contributed by atoms with Gasteiger partial charge in [-0.25, -0.2) is 16.3 Å². The van der Waals surface area contributed by atoms with E-state index >= 15 is 0 Å². The first-order valence-corrected chi connectivity index (χ1v) is 7.70. The molecular formula is C19H16N2O2WY-2. The Morgan fingerprint density at radius 3 is 2.48 bits per heavy atom. The van der Waals surface area contributed by atoms with Crippen LogP contribution >= 0.6 is 0 Å². The molecule has 1 N–H and O–H groups in total. The first kappa shape index (κ1) is 20.4. The number of benzene rings is 2. The number of aromatic nitrogens is 2. The van der Waals surface area contributed by atoms with Crippen molar-refractivity contribution in [2.75, 3.05) is 0 Å². The van der Waals surface area contributed by atoms with Crippen LogP contribution < -0.4 is 5.56 Å². The molecule has 0 saturated heterocycles. The van der Waals surface area contributed by atoms with E-state index in [4.69, 9.17) is 0 Å². The summed E-state index contributed by atoms with van der Waals surface area (Å²) in [4.78, 5) is 12.6. The standard InChI is InChI=1S/C19H16N2O2.W.Y/c1-13-8-9-15(14-6-3-2-4-7-14)12-16(13)17-18(22)20-10-5-11-21(20)19(17)23;;/h2-4,6-8,22H,5,10-11H2,1H3;;/q-2;;. The maximum absolute atomic E-state index is 12.6. The third-order valence-corrected chi connectivity index (χ3v) is 4.34.